The Morgan fingerprint density at radius 3 is 2.72 bits per heavy atom. The molecule has 0 radical (unpaired) electrons. The standard InChI is InChI=1S/C15H22N2O/c1-3-15(8-9-15)14(18)17-13-7-5-6-12(10-13)11-16-4-2/h5-7,10,16H,3-4,8-9,11H2,1-2H3,(H,17,18). The Morgan fingerprint density at radius 1 is 1.33 bits per heavy atom. The van der Waals surface area contributed by atoms with Crippen molar-refractivity contribution < 1.29 is 4.79 Å². The molecule has 0 bridgehead atoms. The number of carbonyl (C=O) groups excluding carboxylic acids is 1. The van der Waals surface area contributed by atoms with Gasteiger partial charge in [0.25, 0.3) is 0 Å². The fourth-order valence-corrected chi connectivity index (χ4v) is 2.18. The third kappa shape index (κ3) is 2.91. The number of carbonyl (C=O) groups is 1. The highest BCUT2D eigenvalue weighted by molar-refractivity contribution is 5.97. The van der Waals surface area contributed by atoms with Crippen molar-refractivity contribution in [2.45, 2.75) is 39.7 Å². The molecule has 0 heterocycles. The quantitative estimate of drug-likeness (QED) is 0.810. The topological polar surface area (TPSA) is 41.1 Å². The molecule has 1 amide bonds. The van der Waals surface area contributed by atoms with E-state index in [2.05, 4.69) is 30.5 Å². The van der Waals surface area contributed by atoms with Crippen LogP contribution in [0.1, 0.15) is 38.7 Å². The largest absolute Gasteiger partial charge is 0.326 e. The lowest BCUT2D eigenvalue weighted by atomic mass is 10.0. The smallest absolute Gasteiger partial charge is 0.230 e. The van der Waals surface area contributed by atoms with Gasteiger partial charge in [-0.2, -0.15) is 0 Å². The normalized spacial score (nSPS) is 16.3. The fourth-order valence-electron chi connectivity index (χ4n) is 2.18. The summed E-state index contributed by atoms with van der Waals surface area (Å²) in [4.78, 5) is 12.1. The zero-order chi connectivity index (χ0) is 13.0. The summed E-state index contributed by atoms with van der Waals surface area (Å²) in [5.41, 5.74) is 2.05. The maximum Gasteiger partial charge on any atom is 0.230 e. The molecule has 0 aromatic heterocycles. The van der Waals surface area contributed by atoms with Crippen molar-refractivity contribution in [3.63, 3.8) is 0 Å². The zero-order valence-corrected chi connectivity index (χ0v) is 11.3. The molecule has 1 aromatic carbocycles. The summed E-state index contributed by atoms with van der Waals surface area (Å²) >= 11 is 0. The minimum Gasteiger partial charge on any atom is -0.326 e. The van der Waals surface area contributed by atoms with Crippen LogP contribution in [0.2, 0.25) is 0 Å². The Morgan fingerprint density at radius 2 is 2.11 bits per heavy atom. The molecular formula is C15H22N2O. The monoisotopic (exact) mass is 246 g/mol. The Kier molecular flexibility index (Phi) is 4.02. The second-order valence-electron chi connectivity index (χ2n) is 5.07. The van der Waals surface area contributed by atoms with Crippen LogP contribution in [0.15, 0.2) is 24.3 Å². The minimum atomic E-state index is -0.0718. The minimum absolute atomic E-state index is 0.0718. The number of anilines is 1. The van der Waals surface area contributed by atoms with Gasteiger partial charge in [-0.15, -0.1) is 0 Å². The molecule has 2 N–H and O–H groups in total. The van der Waals surface area contributed by atoms with Gasteiger partial charge in [0.1, 0.15) is 0 Å². The summed E-state index contributed by atoms with van der Waals surface area (Å²) in [5.74, 6) is 0.186. The third-order valence-electron chi connectivity index (χ3n) is 3.78. The average molecular weight is 246 g/mol. The van der Waals surface area contributed by atoms with Crippen LogP contribution in [0.5, 0.6) is 0 Å². The molecule has 1 aromatic rings. The van der Waals surface area contributed by atoms with E-state index in [0.29, 0.717) is 0 Å². The van der Waals surface area contributed by atoms with Crippen molar-refractivity contribution in [1.29, 1.82) is 0 Å². The molecule has 0 atom stereocenters. The van der Waals surface area contributed by atoms with E-state index in [9.17, 15) is 4.79 Å². The van der Waals surface area contributed by atoms with Crippen LogP contribution in [0.25, 0.3) is 0 Å². The molecule has 1 aliphatic rings. The second kappa shape index (κ2) is 5.53. The summed E-state index contributed by atoms with van der Waals surface area (Å²) in [5, 5.41) is 6.33. The van der Waals surface area contributed by atoms with Gasteiger partial charge in [0.2, 0.25) is 5.91 Å². The molecule has 3 nitrogen and oxygen atoms in total. The summed E-state index contributed by atoms with van der Waals surface area (Å²) in [6, 6.07) is 8.07. The van der Waals surface area contributed by atoms with E-state index < -0.39 is 0 Å². The molecule has 98 valence electrons. The predicted molar refractivity (Wildman–Crippen MR) is 74.4 cm³/mol. The molecule has 2 rings (SSSR count). The molecule has 1 saturated carbocycles. The molecule has 0 aliphatic heterocycles. The first-order chi connectivity index (χ1) is 8.70. The predicted octanol–water partition coefficient (Wildman–Crippen LogP) is 2.92. The van der Waals surface area contributed by atoms with E-state index >= 15 is 0 Å². The van der Waals surface area contributed by atoms with Crippen LogP contribution in [-0.4, -0.2) is 12.5 Å². The lowest BCUT2D eigenvalue weighted by Crippen LogP contribution is -2.23. The van der Waals surface area contributed by atoms with Gasteiger partial charge in [0, 0.05) is 17.6 Å². The van der Waals surface area contributed by atoms with Crippen LogP contribution in [0, 0.1) is 5.41 Å². The Labute approximate surface area is 109 Å². The van der Waals surface area contributed by atoms with Gasteiger partial charge in [-0.25, -0.2) is 0 Å². The van der Waals surface area contributed by atoms with Gasteiger partial charge in [0.15, 0.2) is 0 Å². The van der Waals surface area contributed by atoms with Gasteiger partial charge < -0.3 is 10.6 Å². The van der Waals surface area contributed by atoms with Crippen molar-refractivity contribution >= 4 is 11.6 Å². The highest BCUT2D eigenvalue weighted by Gasteiger charge is 2.47. The molecule has 0 spiro atoms. The summed E-state index contributed by atoms with van der Waals surface area (Å²) in [7, 11) is 0. The Bertz CT molecular complexity index is 424. The average Bonchev–Trinajstić information content (AvgIpc) is 3.18. The number of benzene rings is 1. The highest BCUT2D eigenvalue weighted by atomic mass is 16.2. The fraction of sp³-hybridized carbons (Fsp3) is 0.533. The van der Waals surface area contributed by atoms with Crippen LogP contribution in [-0.2, 0) is 11.3 Å². The van der Waals surface area contributed by atoms with Crippen LogP contribution in [0.4, 0.5) is 5.69 Å². The van der Waals surface area contributed by atoms with Crippen LogP contribution < -0.4 is 10.6 Å². The van der Waals surface area contributed by atoms with Crippen molar-refractivity contribution in [2.75, 3.05) is 11.9 Å². The zero-order valence-electron chi connectivity index (χ0n) is 11.3. The second-order valence-corrected chi connectivity index (χ2v) is 5.07. The number of nitrogens with one attached hydrogen (secondary N) is 2. The van der Waals surface area contributed by atoms with Gasteiger partial charge in [-0.3, -0.25) is 4.79 Å². The van der Waals surface area contributed by atoms with E-state index in [1.54, 1.807) is 0 Å². The first kappa shape index (κ1) is 13.1. The number of hydrogen-bond donors (Lipinski definition) is 2. The molecule has 3 heteroatoms. The van der Waals surface area contributed by atoms with Gasteiger partial charge in [0.05, 0.1) is 0 Å². The van der Waals surface area contributed by atoms with Crippen molar-refractivity contribution in [1.82, 2.24) is 5.32 Å². The first-order valence-corrected chi connectivity index (χ1v) is 6.81. The number of amides is 1. The molecule has 1 fully saturated rings. The highest BCUT2D eigenvalue weighted by Crippen LogP contribution is 2.49. The molecular weight excluding hydrogens is 224 g/mol. The summed E-state index contributed by atoms with van der Waals surface area (Å²) in [6.07, 6.45) is 3.01. The van der Waals surface area contributed by atoms with E-state index in [0.717, 1.165) is 38.0 Å². The van der Waals surface area contributed by atoms with Crippen molar-refractivity contribution in [3.8, 4) is 0 Å². The van der Waals surface area contributed by atoms with Crippen molar-refractivity contribution in [3.05, 3.63) is 29.8 Å². The Hall–Kier alpha value is -1.35. The maximum atomic E-state index is 12.1. The summed E-state index contributed by atoms with van der Waals surface area (Å²) in [6.45, 7) is 5.98. The molecule has 18 heavy (non-hydrogen) atoms. The van der Waals surface area contributed by atoms with E-state index in [1.165, 1.54) is 5.56 Å². The van der Waals surface area contributed by atoms with Gasteiger partial charge in [-0.1, -0.05) is 26.0 Å². The van der Waals surface area contributed by atoms with Gasteiger partial charge in [-0.05, 0) is 43.5 Å². The van der Waals surface area contributed by atoms with Crippen LogP contribution >= 0.6 is 0 Å². The lowest BCUT2D eigenvalue weighted by Gasteiger charge is -2.13. The molecule has 0 saturated heterocycles. The van der Waals surface area contributed by atoms with E-state index in [1.807, 2.05) is 18.2 Å². The van der Waals surface area contributed by atoms with Gasteiger partial charge >= 0.3 is 0 Å². The Balaban J connectivity index is 1.98. The SMILES string of the molecule is CCNCc1cccc(NC(=O)C2(CC)CC2)c1. The summed E-state index contributed by atoms with van der Waals surface area (Å²) < 4.78 is 0. The van der Waals surface area contributed by atoms with Crippen molar-refractivity contribution in [2.24, 2.45) is 5.41 Å². The van der Waals surface area contributed by atoms with E-state index in [-0.39, 0.29) is 11.3 Å². The first-order valence-electron chi connectivity index (χ1n) is 6.81. The van der Waals surface area contributed by atoms with Crippen LogP contribution in [0.3, 0.4) is 0 Å². The third-order valence-corrected chi connectivity index (χ3v) is 3.78. The number of hydrogen-bond acceptors (Lipinski definition) is 2. The lowest BCUT2D eigenvalue weighted by molar-refractivity contribution is -0.121. The molecule has 0 unspecified atom stereocenters. The number of rotatable bonds is 6. The maximum absolute atomic E-state index is 12.1. The molecule has 1 aliphatic carbocycles. The van der Waals surface area contributed by atoms with E-state index in [4.69, 9.17) is 0 Å².